The summed E-state index contributed by atoms with van der Waals surface area (Å²) in [6.45, 7) is -0.863. The lowest BCUT2D eigenvalue weighted by atomic mass is 10.1. The van der Waals surface area contributed by atoms with Crippen molar-refractivity contribution in [3.8, 4) is 5.75 Å². The predicted octanol–water partition coefficient (Wildman–Crippen LogP) is 2.91. The largest absolute Gasteiger partial charge is 0.490 e. The van der Waals surface area contributed by atoms with Crippen LogP contribution in [0.2, 0.25) is 0 Å². The number of rotatable bonds is 7. The molecule has 0 amide bonds. The molecule has 0 saturated heterocycles. The van der Waals surface area contributed by atoms with Gasteiger partial charge >= 0.3 is 6.18 Å². The minimum absolute atomic E-state index is 0.0518. The molecule has 0 spiro atoms. The summed E-state index contributed by atoms with van der Waals surface area (Å²) < 4.78 is 46.2. The molecule has 0 heterocycles. The number of hydrogen-bond donors (Lipinski definition) is 1. The minimum Gasteiger partial charge on any atom is -0.490 e. The first-order valence-electron chi connectivity index (χ1n) is 5.69. The van der Waals surface area contributed by atoms with Gasteiger partial charge in [-0.25, -0.2) is 0 Å². The van der Waals surface area contributed by atoms with Gasteiger partial charge in [0.25, 0.3) is 0 Å². The number of nitrogens with two attached hydrogens (primary N) is 1. The third kappa shape index (κ3) is 6.26. The average Bonchev–Trinajstić information content (AvgIpc) is 2.31. The predicted molar refractivity (Wildman–Crippen MR) is 69.3 cm³/mol. The lowest BCUT2D eigenvalue weighted by Crippen LogP contribution is -2.19. The van der Waals surface area contributed by atoms with E-state index in [4.69, 9.17) is 10.5 Å². The maximum Gasteiger partial charge on any atom is 0.411 e. The molecular weight excluding hydrogens is 327 g/mol. The van der Waals surface area contributed by atoms with Crippen molar-refractivity contribution in [2.24, 2.45) is 5.73 Å². The fourth-order valence-electron chi connectivity index (χ4n) is 1.46. The van der Waals surface area contributed by atoms with E-state index < -0.39 is 12.8 Å². The molecule has 0 saturated carbocycles. The standard InChI is InChI=1S/C12H15BrF3NO2/c13-10-3-1-2-9(4-5-17)11(10)19-7-6-18-8-12(14,15)16/h1-3H,4-8,17H2. The first kappa shape index (κ1) is 16.3. The molecule has 1 aromatic carbocycles. The number of para-hydroxylation sites is 1. The van der Waals surface area contributed by atoms with Crippen LogP contribution in [0, 0.1) is 0 Å². The van der Waals surface area contributed by atoms with Gasteiger partial charge in [-0.15, -0.1) is 0 Å². The van der Waals surface area contributed by atoms with Crippen molar-refractivity contribution in [2.75, 3.05) is 26.4 Å². The minimum atomic E-state index is -4.31. The molecule has 0 bridgehead atoms. The molecule has 3 nitrogen and oxygen atoms in total. The van der Waals surface area contributed by atoms with E-state index >= 15 is 0 Å². The van der Waals surface area contributed by atoms with Gasteiger partial charge < -0.3 is 15.2 Å². The Bertz CT molecular complexity index is 399. The normalized spacial score (nSPS) is 11.6. The van der Waals surface area contributed by atoms with Gasteiger partial charge in [0, 0.05) is 0 Å². The van der Waals surface area contributed by atoms with E-state index in [1.165, 1.54) is 0 Å². The fourth-order valence-corrected chi connectivity index (χ4v) is 1.98. The van der Waals surface area contributed by atoms with Crippen LogP contribution in [0.1, 0.15) is 5.56 Å². The van der Waals surface area contributed by atoms with Crippen LogP contribution in [0.5, 0.6) is 5.75 Å². The maximum absolute atomic E-state index is 11.8. The van der Waals surface area contributed by atoms with Gasteiger partial charge in [0.2, 0.25) is 0 Å². The molecular formula is C12H15BrF3NO2. The Labute approximate surface area is 118 Å². The third-order valence-corrected chi connectivity index (χ3v) is 2.83. The Morgan fingerprint density at radius 1 is 1.21 bits per heavy atom. The average molecular weight is 342 g/mol. The Hall–Kier alpha value is -0.790. The first-order valence-corrected chi connectivity index (χ1v) is 6.48. The van der Waals surface area contributed by atoms with Crippen LogP contribution in [0.15, 0.2) is 22.7 Å². The summed E-state index contributed by atoms with van der Waals surface area (Å²) in [6.07, 6.45) is -3.67. The molecule has 0 aliphatic heterocycles. The van der Waals surface area contributed by atoms with Crippen LogP contribution < -0.4 is 10.5 Å². The molecule has 0 aromatic heterocycles. The SMILES string of the molecule is NCCc1cccc(Br)c1OCCOCC(F)(F)F. The summed E-state index contributed by atoms with van der Waals surface area (Å²) in [4.78, 5) is 0. The van der Waals surface area contributed by atoms with Gasteiger partial charge in [-0.2, -0.15) is 13.2 Å². The highest BCUT2D eigenvalue weighted by molar-refractivity contribution is 9.10. The van der Waals surface area contributed by atoms with E-state index in [0.29, 0.717) is 18.7 Å². The molecule has 7 heteroatoms. The zero-order valence-electron chi connectivity index (χ0n) is 10.2. The second-order valence-electron chi connectivity index (χ2n) is 3.78. The van der Waals surface area contributed by atoms with Crippen molar-refractivity contribution in [3.63, 3.8) is 0 Å². The number of ether oxygens (including phenoxy) is 2. The zero-order valence-corrected chi connectivity index (χ0v) is 11.8. The van der Waals surface area contributed by atoms with Crippen molar-refractivity contribution in [3.05, 3.63) is 28.2 Å². The van der Waals surface area contributed by atoms with E-state index in [1.807, 2.05) is 12.1 Å². The smallest absolute Gasteiger partial charge is 0.411 e. The van der Waals surface area contributed by atoms with E-state index in [-0.39, 0.29) is 13.2 Å². The molecule has 0 radical (unpaired) electrons. The Morgan fingerprint density at radius 3 is 2.58 bits per heavy atom. The molecule has 2 N–H and O–H groups in total. The lowest BCUT2D eigenvalue weighted by Gasteiger charge is -2.13. The molecule has 0 aliphatic rings. The summed E-state index contributed by atoms with van der Waals surface area (Å²) in [5, 5.41) is 0. The Kier molecular flexibility index (Phi) is 6.60. The topological polar surface area (TPSA) is 44.5 Å². The first-order chi connectivity index (χ1) is 8.94. The van der Waals surface area contributed by atoms with Crippen molar-refractivity contribution >= 4 is 15.9 Å². The number of hydrogen-bond acceptors (Lipinski definition) is 3. The highest BCUT2D eigenvalue weighted by Crippen LogP contribution is 2.29. The molecule has 1 aromatic rings. The van der Waals surface area contributed by atoms with Crippen LogP contribution in [0.4, 0.5) is 13.2 Å². The summed E-state index contributed by atoms with van der Waals surface area (Å²) in [5.74, 6) is 0.601. The fraction of sp³-hybridized carbons (Fsp3) is 0.500. The molecule has 0 aliphatic carbocycles. The zero-order chi connectivity index (χ0) is 14.3. The Balaban J connectivity index is 2.44. The molecule has 19 heavy (non-hydrogen) atoms. The summed E-state index contributed by atoms with van der Waals surface area (Å²) in [6, 6.07) is 5.51. The van der Waals surface area contributed by atoms with Crippen molar-refractivity contribution in [2.45, 2.75) is 12.6 Å². The van der Waals surface area contributed by atoms with E-state index in [2.05, 4.69) is 20.7 Å². The number of benzene rings is 1. The molecule has 1 rings (SSSR count). The van der Waals surface area contributed by atoms with Crippen LogP contribution in [0.3, 0.4) is 0 Å². The van der Waals surface area contributed by atoms with E-state index in [0.717, 1.165) is 10.0 Å². The second kappa shape index (κ2) is 7.72. The third-order valence-electron chi connectivity index (χ3n) is 2.20. The molecule has 108 valence electrons. The van der Waals surface area contributed by atoms with Crippen molar-refractivity contribution in [1.82, 2.24) is 0 Å². The maximum atomic E-state index is 11.8. The second-order valence-corrected chi connectivity index (χ2v) is 4.64. The number of alkyl halides is 3. The Morgan fingerprint density at radius 2 is 1.95 bits per heavy atom. The van der Waals surface area contributed by atoms with Gasteiger partial charge in [0.05, 0.1) is 11.1 Å². The van der Waals surface area contributed by atoms with Crippen molar-refractivity contribution < 1.29 is 22.6 Å². The summed E-state index contributed by atoms with van der Waals surface area (Å²) in [7, 11) is 0. The molecule has 0 unspecified atom stereocenters. The lowest BCUT2D eigenvalue weighted by molar-refractivity contribution is -0.175. The molecule has 0 atom stereocenters. The van der Waals surface area contributed by atoms with Crippen LogP contribution in [-0.4, -0.2) is 32.5 Å². The molecule has 0 fully saturated rings. The monoisotopic (exact) mass is 341 g/mol. The van der Waals surface area contributed by atoms with Gasteiger partial charge in [0.15, 0.2) is 0 Å². The highest BCUT2D eigenvalue weighted by atomic mass is 79.9. The van der Waals surface area contributed by atoms with Gasteiger partial charge in [-0.05, 0) is 40.5 Å². The van der Waals surface area contributed by atoms with Crippen molar-refractivity contribution in [1.29, 1.82) is 0 Å². The quantitative estimate of drug-likeness (QED) is 0.775. The summed E-state index contributed by atoms with van der Waals surface area (Å²) in [5.41, 5.74) is 6.39. The van der Waals surface area contributed by atoms with Crippen LogP contribution >= 0.6 is 15.9 Å². The van der Waals surface area contributed by atoms with Gasteiger partial charge in [0.1, 0.15) is 19.0 Å². The number of halogens is 4. The highest BCUT2D eigenvalue weighted by Gasteiger charge is 2.27. The van der Waals surface area contributed by atoms with Gasteiger partial charge in [-0.3, -0.25) is 0 Å². The van der Waals surface area contributed by atoms with E-state index in [1.54, 1.807) is 6.07 Å². The van der Waals surface area contributed by atoms with Gasteiger partial charge in [-0.1, -0.05) is 12.1 Å². The van der Waals surface area contributed by atoms with E-state index in [9.17, 15) is 13.2 Å². The van der Waals surface area contributed by atoms with Crippen LogP contribution in [-0.2, 0) is 11.2 Å². The van der Waals surface area contributed by atoms with Crippen LogP contribution in [0.25, 0.3) is 0 Å². The summed E-state index contributed by atoms with van der Waals surface area (Å²) >= 11 is 3.33.